The smallest absolute Gasteiger partial charge is 0.417 e. The van der Waals surface area contributed by atoms with Crippen LogP contribution in [0.1, 0.15) is 12.5 Å². The molecule has 0 aliphatic heterocycles. The molecule has 21 heavy (non-hydrogen) atoms. The molecule has 0 saturated heterocycles. The molecule has 8 heteroatoms. The first-order valence-corrected chi connectivity index (χ1v) is 6.56. The predicted octanol–water partition coefficient (Wildman–Crippen LogP) is 3.35. The van der Waals surface area contributed by atoms with E-state index >= 15 is 0 Å². The molecule has 4 nitrogen and oxygen atoms in total. The van der Waals surface area contributed by atoms with Crippen LogP contribution in [0, 0.1) is 0 Å². The van der Waals surface area contributed by atoms with Crippen molar-refractivity contribution in [3.05, 3.63) is 28.8 Å². The van der Waals surface area contributed by atoms with Crippen molar-refractivity contribution in [3.8, 4) is 0 Å². The predicted molar refractivity (Wildman–Crippen MR) is 72.4 cm³/mol. The quantitative estimate of drug-likeness (QED) is 0.617. The van der Waals surface area contributed by atoms with Crippen molar-refractivity contribution in [3.63, 3.8) is 0 Å². The van der Waals surface area contributed by atoms with Crippen LogP contribution >= 0.6 is 11.6 Å². The highest BCUT2D eigenvalue weighted by Crippen LogP contribution is 2.36. The lowest BCUT2D eigenvalue weighted by Gasteiger charge is -2.12. The van der Waals surface area contributed by atoms with Gasteiger partial charge in [-0.15, -0.1) is 0 Å². The number of ether oxygens (including phenoxy) is 2. The summed E-state index contributed by atoms with van der Waals surface area (Å²) in [6, 6.07) is 3.53. The Morgan fingerprint density at radius 3 is 2.71 bits per heavy atom. The second-order valence-corrected chi connectivity index (χ2v) is 4.38. The Morgan fingerprint density at radius 1 is 1.38 bits per heavy atom. The molecule has 0 fully saturated rings. The first-order chi connectivity index (χ1) is 9.84. The zero-order valence-corrected chi connectivity index (χ0v) is 12.1. The van der Waals surface area contributed by atoms with Crippen molar-refractivity contribution < 1.29 is 27.4 Å². The number of carbonyl (C=O) groups is 1. The van der Waals surface area contributed by atoms with E-state index in [1.165, 1.54) is 12.1 Å². The monoisotopic (exact) mass is 325 g/mol. The number of anilines is 1. The van der Waals surface area contributed by atoms with Gasteiger partial charge in [-0.2, -0.15) is 13.2 Å². The van der Waals surface area contributed by atoms with Gasteiger partial charge in [0.25, 0.3) is 0 Å². The minimum absolute atomic E-state index is 0.156. The van der Waals surface area contributed by atoms with Crippen LogP contribution in [0.2, 0.25) is 5.02 Å². The van der Waals surface area contributed by atoms with Crippen LogP contribution < -0.4 is 5.32 Å². The molecule has 118 valence electrons. The summed E-state index contributed by atoms with van der Waals surface area (Å²) in [4.78, 5) is 11.0. The Labute approximate surface area is 125 Å². The highest BCUT2D eigenvalue weighted by atomic mass is 35.5. The third-order valence-corrected chi connectivity index (χ3v) is 2.70. The Morgan fingerprint density at radius 2 is 2.10 bits per heavy atom. The van der Waals surface area contributed by atoms with Gasteiger partial charge in [0.05, 0.1) is 23.8 Å². The standard InChI is InChI=1S/C13H15ClF3NO3/c1-2-21-12(19)8-20-6-5-18-9-3-4-11(14)10(7-9)13(15,16)17/h3-4,7,18H,2,5-6,8H2,1H3. The summed E-state index contributed by atoms with van der Waals surface area (Å²) in [5.74, 6) is -0.483. The van der Waals surface area contributed by atoms with E-state index in [9.17, 15) is 18.0 Å². The summed E-state index contributed by atoms with van der Waals surface area (Å²) in [5.41, 5.74) is -0.631. The third kappa shape index (κ3) is 6.22. The average Bonchev–Trinajstić information content (AvgIpc) is 2.39. The van der Waals surface area contributed by atoms with E-state index in [2.05, 4.69) is 10.1 Å². The molecule has 0 atom stereocenters. The number of esters is 1. The summed E-state index contributed by atoms with van der Waals surface area (Å²) in [6.45, 7) is 2.16. The molecule has 0 spiro atoms. The number of alkyl halides is 3. The van der Waals surface area contributed by atoms with Crippen LogP contribution in [0.5, 0.6) is 0 Å². The molecule has 1 aromatic rings. The summed E-state index contributed by atoms with van der Waals surface area (Å²) >= 11 is 5.51. The second-order valence-electron chi connectivity index (χ2n) is 3.98. The van der Waals surface area contributed by atoms with Crippen LogP contribution in [0.3, 0.4) is 0 Å². The van der Waals surface area contributed by atoms with Gasteiger partial charge in [0.15, 0.2) is 0 Å². The number of rotatable bonds is 7. The van der Waals surface area contributed by atoms with Crippen LogP contribution in [-0.2, 0) is 20.4 Å². The molecule has 1 rings (SSSR count). The van der Waals surface area contributed by atoms with Crippen LogP contribution in [0.4, 0.5) is 18.9 Å². The van der Waals surface area contributed by atoms with E-state index in [0.717, 1.165) is 6.07 Å². The molecule has 0 unspecified atom stereocenters. The van der Waals surface area contributed by atoms with E-state index < -0.39 is 17.7 Å². The fourth-order valence-corrected chi connectivity index (χ4v) is 1.70. The summed E-state index contributed by atoms with van der Waals surface area (Å²) in [6.07, 6.45) is -4.50. The number of hydrogen-bond donors (Lipinski definition) is 1. The van der Waals surface area contributed by atoms with Gasteiger partial charge in [0.1, 0.15) is 6.61 Å². The highest BCUT2D eigenvalue weighted by Gasteiger charge is 2.33. The molecule has 0 amide bonds. The van der Waals surface area contributed by atoms with Crippen molar-refractivity contribution >= 4 is 23.3 Å². The third-order valence-electron chi connectivity index (χ3n) is 2.37. The molecule has 1 N–H and O–H groups in total. The van der Waals surface area contributed by atoms with Crippen LogP contribution in [-0.4, -0.2) is 32.3 Å². The second kappa shape index (κ2) is 8.09. The van der Waals surface area contributed by atoms with Crippen molar-refractivity contribution in [2.75, 3.05) is 31.7 Å². The van der Waals surface area contributed by atoms with Gasteiger partial charge in [-0.05, 0) is 25.1 Å². The maximum Gasteiger partial charge on any atom is 0.417 e. The highest BCUT2D eigenvalue weighted by molar-refractivity contribution is 6.31. The molecular weight excluding hydrogens is 311 g/mol. The Balaban J connectivity index is 2.41. The molecule has 1 aromatic carbocycles. The fourth-order valence-electron chi connectivity index (χ4n) is 1.48. The van der Waals surface area contributed by atoms with Gasteiger partial charge >= 0.3 is 12.1 Å². The maximum atomic E-state index is 12.6. The van der Waals surface area contributed by atoms with Crippen LogP contribution in [0.25, 0.3) is 0 Å². The van der Waals surface area contributed by atoms with E-state index in [0.29, 0.717) is 0 Å². The molecule has 0 bridgehead atoms. The van der Waals surface area contributed by atoms with Gasteiger partial charge in [-0.3, -0.25) is 0 Å². The SMILES string of the molecule is CCOC(=O)COCCNc1ccc(Cl)c(C(F)(F)F)c1. The van der Waals surface area contributed by atoms with E-state index in [4.69, 9.17) is 16.3 Å². The number of carbonyl (C=O) groups excluding carboxylic acids is 1. The molecule has 0 radical (unpaired) electrons. The Hall–Kier alpha value is -1.47. The zero-order valence-electron chi connectivity index (χ0n) is 11.3. The zero-order chi connectivity index (χ0) is 15.9. The Kier molecular flexibility index (Phi) is 6.77. The maximum absolute atomic E-state index is 12.6. The molecule has 0 aliphatic carbocycles. The largest absolute Gasteiger partial charge is 0.464 e. The average molecular weight is 326 g/mol. The summed E-state index contributed by atoms with van der Waals surface area (Å²) < 4.78 is 47.6. The molecule has 0 heterocycles. The van der Waals surface area contributed by atoms with E-state index in [-0.39, 0.29) is 37.1 Å². The van der Waals surface area contributed by atoms with Crippen molar-refractivity contribution in [2.24, 2.45) is 0 Å². The van der Waals surface area contributed by atoms with Crippen molar-refractivity contribution in [2.45, 2.75) is 13.1 Å². The number of benzene rings is 1. The minimum Gasteiger partial charge on any atom is -0.464 e. The van der Waals surface area contributed by atoms with Gasteiger partial charge in [-0.25, -0.2) is 4.79 Å². The number of hydrogen-bond acceptors (Lipinski definition) is 4. The molecular formula is C13H15ClF3NO3. The fraction of sp³-hybridized carbons (Fsp3) is 0.462. The number of halogens is 4. The normalized spacial score (nSPS) is 11.3. The number of nitrogens with one attached hydrogen (secondary N) is 1. The van der Waals surface area contributed by atoms with Gasteiger partial charge < -0.3 is 14.8 Å². The molecule has 0 aliphatic rings. The Bertz CT molecular complexity index is 480. The summed E-state index contributed by atoms with van der Waals surface area (Å²) in [7, 11) is 0. The lowest BCUT2D eigenvalue weighted by atomic mass is 10.2. The lowest BCUT2D eigenvalue weighted by Crippen LogP contribution is -2.17. The summed E-state index contributed by atoms with van der Waals surface area (Å²) in [5, 5.41) is 2.40. The minimum atomic E-state index is -4.50. The molecule has 0 saturated carbocycles. The van der Waals surface area contributed by atoms with Gasteiger partial charge in [0, 0.05) is 12.2 Å². The van der Waals surface area contributed by atoms with Crippen molar-refractivity contribution in [1.29, 1.82) is 0 Å². The lowest BCUT2D eigenvalue weighted by molar-refractivity contribution is -0.148. The van der Waals surface area contributed by atoms with Crippen LogP contribution in [0.15, 0.2) is 18.2 Å². The van der Waals surface area contributed by atoms with Crippen molar-refractivity contribution in [1.82, 2.24) is 0 Å². The first kappa shape index (κ1) is 17.6. The first-order valence-electron chi connectivity index (χ1n) is 6.18. The molecule has 0 aromatic heterocycles. The topological polar surface area (TPSA) is 47.6 Å². The van der Waals surface area contributed by atoms with Gasteiger partial charge in [0.2, 0.25) is 0 Å². The van der Waals surface area contributed by atoms with E-state index in [1.54, 1.807) is 6.92 Å². The van der Waals surface area contributed by atoms with E-state index in [1.807, 2.05) is 0 Å². The van der Waals surface area contributed by atoms with Gasteiger partial charge in [-0.1, -0.05) is 11.6 Å².